The first kappa shape index (κ1) is 15.5. The summed E-state index contributed by atoms with van der Waals surface area (Å²) < 4.78 is 0. The van der Waals surface area contributed by atoms with E-state index in [1.54, 1.807) is 11.3 Å². The standard InChI is InChI=1S/C18H29NOS/c1-13-14(2)21-17(19-13)12-18(20)11-7-6-10-16(18)15-8-4-3-5-9-15/h15-16,20H,3-12H2,1-2H3. The van der Waals surface area contributed by atoms with Crippen molar-refractivity contribution in [3.63, 3.8) is 0 Å². The summed E-state index contributed by atoms with van der Waals surface area (Å²) in [5.41, 5.74) is 0.653. The highest BCUT2D eigenvalue weighted by Crippen LogP contribution is 2.45. The molecule has 0 bridgehead atoms. The van der Waals surface area contributed by atoms with Gasteiger partial charge >= 0.3 is 0 Å². The van der Waals surface area contributed by atoms with Crippen molar-refractivity contribution in [2.75, 3.05) is 0 Å². The Kier molecular flexibility index (Phi) is 4.70. The van der Waals surface area contributed by atoms with E-state index in [-0.39, 0.29) is 0 Å². The summed E-state index contributed by atoms with van der Waals surface area (Å²) in [5, 5.41) is 12.6. The molecule has 2 nitrogen and oxygen atoms in total. The van der Waals surface area contributed by atoms with E-state index in [9.17, 15) is 5.11 Å². The van der Waals surface area contributed by atoms with Crippen LogP contribution >= 0.6 is 11.3 Å². The van der Waals surface area contributed by atoms with Crippen molar-refractivity contribution in [3.05, 3.63) is 15.6 Å². The molecular formula is C18H29NOS. The first-order valence-corrected chi connectivity index (χ1v) is 9.55. The van der Waals surface area contributed by atoms with Crippen molar-refractivity contribution >= 4 is 11.3 Å². The van der Waals surface area contributed by atoms with E-state index in [2.05, 4.69) is 18.8 Å². The van der Waals surface area contributed by atoms with Crippen LogP contribution in [0.25, 0.3) is 0 Å². The molecule has 0 amide bonds. The fourth-order valence-corrected chi connectivity index (χ4v) is 5.61. The summed E-state index contributed by atoms with van der Waals surface area (Å²) in [5.74, 6) is 1.27. The maximum Gasteiger partial charge on any atom is 0.0959 e. The molecule has 1 aromatic rings. The molecule has 1 N–H and O–H groups in total. The SMILES string of the molecule is Cc1nc(CC2(O)CCCCC2C2CCCCC2)sc1C. The number of hydrogen-bond donors (Lipinski definition) is 1. The van der Waals surface area contributed by atoms with Crippen LogP contribution in [-0.4, -0.2) is 15.7 Å². The Balaban J connectivity index is 1.77. The molecule has 0 aromatic carbocycles. The summed E-state index contributed by atoms with van der Waals surface area (Å²) >= 11 is 1.78. The van der Waals surface area contributed by atoms with Gasteiger partial charge in [0.25, 0.3) is 0 Å². The Morgan fingerprint density at radius 2 is 1.81 bits per heavy atom. The minimum atomic E-state index is -0.489. The molecule has 1 heterocycles. The molecule has 3 rings (SSSR count). The fraction of sp³-hybridized carbons (Fsp3) is 0.833. The average molecular weight is 308 g/mol. The molecule has 2 unspecified atom stereocenters. The van der Waals surface area contributed by atoms with Gasteiger partial charge in [-0.1, -0.05) is 44.9 Å². The minimum absolute atomic E-state index is 0.489. The fourth-order valence-electron chi connectivity index (χ4n) is 4.56. The lowest BCUT2D eigenvalue weighted by atomic mass is 9.64. The highest BCUT2D eigenvalue weighted by molar-refractivity contribution is 7.11. The lowest BCUT2D eigenvalue weighted by molar-refractivity contribution is -0.0766. The molecule has 0 radical (unpaired) electrons. The lowest BCUT2D eigenvalue weighted by Gasteiger charge is -2.45. The molecule has 3 heteroatoms. The van der Waals surface area contributed by atoms with E-state index in [1.807, 2.05) is 0 Å². The molecule has 1 aromatic heterocycles. The molecular weight excluding hydrogens is 278 g/mol. The minimum Gasteiger partial charge on any atom is -0.389 e. The van der Waals surface area contributed by atoms with Gasteiger partial charge in [0.2, 0.25) is 0 Å². The maximum absolute atomic E-state index is 11.4. The zero-order valence-electron chi connectivity index (χ0n) is 13.5. The monoisotopic (exact) mass is 307 g/mol. The van der Waals surface area contributed by atoms with Crippen LogP contribution < -0.4 is 0 Å². The maximum atomic E-state index is 11.4. The number of nitrogens with zero attached hydrogens (tertiary/aromatic N) is 1. The summed E-state index contributed by atoms with van der Waals surface area (Å²) in [4.78, 5) is 5.99. The van der Waals surface area contributed by atoms with Crippen molar-refractivity contribution in [1.29, 1.82) is 0 Å². The van der Waals surface area contributed by atoms with Crippen LogP contribution in [0.4, 0.5) is 0 Å². The Hall–Kier alpha value is -0.410. The average Bonchev–Trinajstić information content (AvgIpc) is 2.78. The zero-order valence-corrected chi connectivity index (χ0v) is 14.3. The van der Waals surface area contributed by atoms with E-state index in [4.69, 9.17) is 0 Å². The molecule has 2 saturated carbocycles. The van der Waals surface area contributed by atoms with Crippen LogP contribution in [0.2, 0.25) is 0 Å². The Labute approximate surface area is 133 Å². The van der Waals surface area contributed by atoms with Gasteiger partial charge in [0, 0.05) is 11.3 Å². The van der Waals surface area contributed by atoms with E-state index in [1.165, 1.54) is 56.2 Å². The molecule has 2 fully saturated rings. The van der Waals surface area contributed by atoms with Crippen LogP contribution in [0.15, 0.2) is 0 Å². The number of aryl methyl sites for hydroxylation is 2. The van der Waals surface area contributed by atoms with E-state index < -0.39 is 5.60 Å². The normalized spacial score (nSPS) is 31.5. The molecule has 2 atom stereocenters. The Bertz CT molecular complexity index is 458. The van der Waals surface area contributed by atoms with Crippen molar-refractivity contribution in [1.82, 2.24) is 4.98 Å². The van der Waals surface area contributed by atoms with E-state index >= 15 is 0 Å². The second-order valence-electron chi connectivity index (χ2n) is 7.28. The third-order valence-corrected chi connectivity index (χ3v) is 6.89. The highest BCUT2D eigenvalue weighted by atomic mass is 32.1. The van der Waals surface area contributed by atoms with Crippen molar-refractivity contribution in [2.24, 2.45) is 11.8 Å². The highest BCUT2D eigenvalue weighted by Gasteiger charge is 2.43. The molecule has 0 aliphatic heterocycles. The number of thiazole rings is 1. The quantitative estimate of drug-likeness (QED) is 0.869. The van der Waals surface area contributed by atoms with Gasteiger partial charge in [-0.2, -0.15) is 0 Å². The summed E-state index contributed by atoms with van der Waals surface area (Å²) in [6.45, 7) is 4.22. The van der Waals surface area contributed by atoms with Gasteiger partial charge in [0.05, 0.1) is 16.3 Å². The number of aromatic nitrogens is 1. The van der Waals surface area contributed by atoms with Gasteiger partial charge < -0.3 is 5.11 Å². The molecule has 0 spiro atoms. The summed E-state index contributed by atoms with van der Waals surface area (Å²) in [6.07, 6.45) is 12.3. The molecule has 2 aliphatic rings. The largest absolute Gasteiger partial charge is 0.389 e. The molecule has 0 saturated heterocycles. The van der Waals surface area contributed by atoms with Crippen LogP contribution in [0.3, 0.4) is 0 Å². The second-order valence-corrected chi connectivity index (χ2v) is 8.57. The molecule has 2 aliphatic carbocycles. The lowest BCUT2D eigenvalue weighted by Crippen LogP contribution is -2.46. The predicted molar refractivity (Wildman–Crippen MR) is 88.8 cm³/mol. The number of hydrogen-bond acceptors (Lipinski definition) is 3. The van der Waals surface area contributed by atoms with Crippen molar-refractivity contribution in [3.8, 4) is 0 Å². The molecule has 118 valence electrons. The zero-order chi connectivity index (χ0) is 14.9. The van der Waals surface area contributed by atoms with Crippen LogP contribution in [0, 0.1) is 25.7 Å². The second kappa shape index (κ2) is 6.37. The smallest absolute Gasteiger partial charge is 0.0959 e. The van der Waals surface area contributed by atoms with Crippen LogP contribution in [0.1, 0.15) is 73.4 Å². The molecule has 21 heavy (non-hydrogen) atoms. The van der Waals surface area contributed by atoms with Gasteiger partial charge in [0.1, 0.15) is 0 Å². The number of aliphatic hydroxyl groups is 1. The van der Waals surface area contributed by atoms with Crippen molar-refractivity contribution < 1.29 is 5.11 Å². The van der Waals surface area contributed by atoms with Gasteiger partial charge in [-0.05, 0) is 38.5 Å². The van der Waals surface area contributed by atoms with E-state index in [0.29, 0.717) is 5.92 Å². The van der Waals surface area contributed by atoms with Crippen molar-refractivity contribution in [2.45, 2.75) is 83.7 Å². The Morgan fingerprint density at radius 1 is 1.10 bits per heavy atom. The van der Waals surface area contributed by atoms with Gasteiger partial charge in [0.15, 0.2) is 0 Å². The van der Waals surface area contributed by atoms with Crippen LogP contribution in [0.5, 0.6) is 0 Å². The summed E-state index contributed by atoms with van der Waals surface area (Å²) in [7, 11) is 0. The van der Waals surface area contributed by atoms with Gasteiger partial charge in [-0.15, -0.1) is 11.3 Å². The van der Waals surface area contributed by atoms with E-state index in [0.717, 1.165) is 29.5 Å². The third kappa shape index (κ3) is 3.34. The van der Waals surface area contributed by atoms with Gasteiger partial charge in [-0.25, -0.2) is 4.98 Å². The topological polar surface area (TPSA) is 33.1 Å². The first-order chi connectivity index (χ1) is 10.1. The van der Waals surface area contributed by atoms with Crippen LogP contribution in [-0.2, 0) is 6.42 Å². The summed E-state index contributed by atoms with van der Waals surface area (Å²) in [6, 6.07) is 0. The first-order valence-electron chi connectivity index (χ1n) is 8.74. The predicted octanol–water partition coefficient (Wildman–Crippen LogP) is 4.80. The third-order valence-electron chi connectivity index (χ3n) is 5.81. The van der Waals surface area contributed by atoms with Gasteiger partial charge in [-0.3, -0.25) is 0 Å². The Morgan fingerprint density at radius 3 is 2.48 bits per heavy atom. The number of rotatable bonds is 3.